The molecule has 0 aliphatic heterocycles. The van der Waals surface area contributed by atoms with Gasteiger partial charge in [-0.3, -0.25) is 25.1 Å². The van der Waals surface area contributed by atoms with Crippen LogP contribution in [0, 0.1) is 0 Å². The summed E-state index contributed by atoms with van der Waals surface area (Å²) < 4.78 is 1.77. The number of nitrogens with one attached hydrogen (secondary N) is 2. The van der Waals surface area contributed by atoms with Crippen LogP contribution in [-0.4, -0.2) is 21.6 Å². The molecule has 0 unspecified atom stereocenters. The molecule has 0 radical (unpaired) electrons. The molecule has 1 heterocycles. The second-order valence-corrected chi connectivity index (χ2v) is 6.70. The van der Waals surface area contributed by atoms with Crippen molar-refractivity contribution in [3.63, 3.8) is 0 Å². The van der Waals surface area contributed by atoms with Crippen LogP contribution >= 0.6 is 23.2 Å². The number of amides is 2. The number of hydrogen-bond donors (Lipinski definition) is 2. The number of halogens is 2. The summed E-state index contributed by atoms with van der Waals surface area (Å²) in [6.07, 6.45) is 6.37. The molecule has 0 fully saturated rings. The Morgan fingerprint density at radius 3 is 2.64 bits per heavy atom. The van der Waals surface area contributed by atoms with Crippen LogP contribution in [-0.2, 0) is 11.3 Å². The fraction of sp³-hybridized carbons (Fsp3) is 0.0500. The van der Waals surface area contributed by atoms with Gasteiger partial charge in [-0.1, -0.05) is 53.5 Å². The minimum absolute atomic E-state index is 0.167. The van der Waals surface area contributed by atoms with E-state index in [0.29, 0.717) is 11.6 Å². The van der Waals surface area contributed by atoms with Crippen molar-refractivity contribution in [1.29, 1.82) is 0 Å². The number of nitrogens with zero attached hydrogens (tertiary/aromatic N) is 2. The summed E-state index contributed by atoms with van der Waals surface area (Å²) >= 11 is 11.8. The molecule has 0 saturated heterocycles. The maximum Gasteiger partial charge on any atom is 0.271 e. The molecule has 0 saturated carbocycles. The van der Waals surface area contributed by atoms with E-state index in [9.17, 15) is 9.59 Å². The van der Waals surface area contributed by atoms with Gasteiger partial charge in [0, 0.05) is 22.9 Å². The van der Waals surface area contributed by atoms with E-state index >= 15 is 0 Å². The molecule has 0 bridgehead atoms. The molecule has 8 heteroatoms. The lowest BCUT2D eigenvalue weighted by Gasteiger charge is -2.07. The minimum Gasteiger partial charge on any atom is -0.268 e. The number of aromatic nitrogens is 2. The molecule has 2 amide bonds. The lowest BCUT2D eigenvalue weighted by atomic mass is 10.2. The Bertz CT molecular complexity index is 1020. The molecule has 0 aliphatic rings. The van der Waals surface area contributed by atoms with E-state index in [0.717, 1.165) is 11.1 Å². The predicted molar refractivity (Wildman–Crippen MR) is 109 cm³/mol. The Hall–Kier alpha value is -3.09. The average Bonchev–Trinajstić information content (AvgIpc) is 3.14. The highest BCUT2D eigenvalue weighted by Crippen LogP contribution is 2.20. The second kappa shape index (κ2) is 9.21. The lowest BCUT2D eigenvalue weighted by molar-refractivity contribution is -0.117. The maximum atomic E-state index is 12.1. The van der Waals surface area contributed by atoms with Crippen LogP contribution in [0.4, 0.5) is 0 Å². The molecule has 2 N–H and O–H groups in total. The van der Waals surface area contributed by atoms with Gasteiger partial charge in [-0.2, -0.15) is 5.10 Å². The maximum absolute atomic E-state index is 12.1. The smallest absolute Gasteiger partial charge is 0.268 e. The zero-order chi connectivity index (χ0) is 19.9. The molecule has 1 aromatic heterocycles. The van der Waals surface area contributed by atoms with Crippen molar-refractivity contribution >= 4 is 41.1 Å². The Labute approximate surface area is 171 Å². The van der Waals surface area contributed by atoms with Crippen molar-refractivity contribution in [2.75, 3.05) is 0 Å². The van der Waals surface area contributed by atoms with Gasteiger partial charge < -0.3 is 0 Å². The normalized spacial score (nSPS) is 10.8. The van der Waals surface area contributed by atoms with Gasteiger partial charge in [0.05, 0.1) is 23.3 Å². The highest BCUT2D eigenvalue weighted by atomic mass is 35.5. The number of rotatable bonds is 5. The first-order valence-corrected chi connectivity index (χ1v) is 9.07. The van der Waals surface area contributed by atoms with Crippen LogP contribution in [0.5, 0.6) is 0 Å². The Balaban J connectivity index is 1.53. The third kappa shape index (κ3) is 5.45. The molecule has 3 rings (SSSR count). The molecule has 0 aliphatic carbocycles. The van der Waals surface area contributed by atoms with Gasteiger partial charge in [0.1, 0.15) is 0 Å². The van der Waals surface area contributed by atoms with E-state index in [1.807, 2.05) is 36.5 Å². The summed E-state index contributed by atoms with van der Waals surface area (Å²) in [5, 5.41) is 4.86. The third-order valence-corrected chi connectivity index (χ3v) is 4.30. The fourth-order valence-corrected chi connectivity index (χ4v) is 2.77. The highest BCUT2D eigenvalue weighted by Gasteiger charge is 2.11. The first-order chi connectivity index (χ1) is 13.5. The van der Waals surface area contributed by atoms with Gasteiger partial charge >= 0.3 is 0 Å². The summed E-state index contributed by atoms with van der Waals surface area (Å²) in [6.45, 7) is 0.636. The molecule has 0 atom stereocenters. The first-order valence-electron chi connectivity index (χ1n) is 8.31. The van der Waals surface area contributed by atoms with Crippen LogP contribution < -0.4 is 10.9 Å². The van der Waals surface area contributed by atoms with Crippen LogP contribution in [0.3, 0.4) is 0 Å². The SMILES string of the molecule is O=C(/C=C/c1cnn(Cc2ccccc2)c1)NNC(=O)c1cc(Cl)ccc1Cl. The highest BCUT2D eigenvalue weighted by molar-refractivity contribution is 6.35. The lowest BCUT2D eigenvalue weighted by Crippen LogP contribution is -2.40. The first kappa shape index (κ1) is 19.7. The summed E-state index contributed by atoms with van der Waals surface area (Å²) in [4.78, 5) is 24.0. The van der Waals surface area contributed by atoms with Crippen molar-refractivity contribution in [2.24, 2.45) is 0 Å². The standard InChI is InChI=1S/C20H16Cl2N4O2/c21-16-7-8-18(22)17(10-16)20(28)25-24-19(27)9-6-15-11-23-26(13-15)12-14-4-2-1-3-5-14/h1-11,13H,12H2,(H,24,27)(H,25,28)/b9-6+. The van der Waals surface area contributed by atoms with Crippen molar-refractivity contribution in [1.82, 2.24) is 20.6 Å². The van der Waals surface area contributed by atoms with Crippen LogP contribution in [0.1, 0.15) is 21.5 Å². The number of carbonyl (C=O) groups is 2. The number of carbonyl (C=O) groups excluding carboxylic acids is 2. The van der Waals surface area contributed by atoms with Crippen molar-refractivity contribution in [3.8, 4) is 0 Å². The molecular weight excluding hydrogens is 399 g/mol. The van der Waals surface area contributed by atoms with Gasteiger partial charge in [0.2, 0.25) is 0 Å². The van der Waals surface area contributed by atoms with Crippen LogP contribution in [0.15, 0.2) is 67.0 Å². The quantitative estimate of drug-likeness (QED) is 0.493. The van der Waals surface area contributed by atoms with E-state index in [4.69, 9.17) is 23.2 Å². The Morgan fingerprint density at radius 2 is 1.86 bits per heavy atom. The van der Waals surface area contributed by atoms with Gasteiger partial charge in [0.25, 0.3) is 11.8 Å². The van der Waals surface area contributed by atoms with Gasteiger partial charge in [-0.05, 0) is 29.8 Å². The molecule has 28 heavy (non-hydrogen) atoms. The van der Waals surface area contributed by atoms with Gasteiger partial charge in [0.15, 0.2) is 0 Å². The Morgan fingerprint density at radius 1 is 1.07 bits per heavy atom. The van der Waals surface area contributed by atoms with Crippen molar-refractivity contribution in [3.05, 3.63) is 93.7 Å². The molecule has 2 aromatic carbocycles. The van der Waals surface area contributed by atoms with Crippen molar-refractivity contribution < 1.29 is 9.59 Å². The number of benzene rings is 2. The van der Waals surface area contributed by atoms with E-state index in [1.165, 1.54) is 18.2 Å². The molecule has 6 nitrogen and oxygen atoms in total. The Kier molecular flexibility index (Phi) is 6.47. The topological polar surface area (TPSA) is 76.0 Å². The summed E-state index contributed by atoms with van der Waals surface area (Å²) in [5.41, 5.74) is 6.63. The van der Waals surface area contributed by atoms with E-state index in [1.54, 1.807) is 23.0 Å². The summed E-state index contributed by atoms with van der Waals surface area (Å²) in [5.74, 6) is -1.06. The van der Waals surface area contributed by atoms with Gasteiger partial charge in [-0.25, -0.2) is 0 Å². The van der Waals surface area contributed by atoms with E-state index in [2.05, 4.69) is 16.0 Å². The molecule has 0 spiro atoms. The van der Waals surface area contributed by atoms with Crippen LogP contribution in [0.2, 0.25) is 10.0 Å². The molecule has 3 aromatic rings. The third-order valence-electron chi connectivity index (χ3n) is 3.74. The number of hydrogen-bond acceptors (Lipinski definition) is 3. The molecular formula is C20H16Cl2N4O2. The zero-order valence-electron chi connectivity index (χ0n) is 14.6. The minimum atomic E-state index is -0.565. The monoisotopic (exact) mass is 414 g/mol. The van der Waals surface area contributed by atoms with Crippen molar-refractivity contribution in [2.45, 2.75) is 6.54 Å². The van der Waals surface area contributed by atoms with Crippen LogP contribution in [0.25, 0.3) is 6.08 Å². The largest absolute Gasteiger partial charge is 0.271 e. The van der Waals surface area contributed by atoms with Gasteiger partial charge in [-0.15, -0.1) is 0 Å². The summed E-state index contributed by atoms with van der Waals surface area (Å²) in [6, 6.07) is 14.4. The molecule has 142 valence electrons. The van der Waals surface area contributed by atoms with E-state index in [-0.39, 0.29) is 10.6 Å². The average molecular weight is 415 g/mol. The fourth-order valence-electron chi connectivity index (χ4n) is 2.39. The zero-order valence-corrected chi connectivity index (χ0v) is 16.1. The second-order valence-electron chi connectivity index (χ2n) is 5.86. The summed E-state index contributed by atoms with van der Waals surface area (Å²) in [7, 11) is 0. The number of hydrazine groups is 1. The predicted octanol–water partition coefficient (Wildman–Crippen LogP) is 3.71. The van der Waals surface area contributed by atoms with E-state index < -0.39 is 11.8 Å².